The number of carbonyl (C=O) groups is 2. The van der Waals surface area contributed by atoms with Crippen LogP contribution in [0.5, 0.6) is 5.75 Å². The third-order valence-corrected chi connectivity index (χ3v) is 7.42. The summed E-state index contributed by atoms with van der Waals surface area (Å²) in [6.45, 7) is 6.34. The largest absolute Gasteiger partial charge is 0.497 e. The van der Waals surface area contributed by atoms with Crippen molar-refractivity contribution < 1.29 is 14.3 Å². The van der Waals surface area contributed by atoms with Gasteiger partial charge in [0, 0.05) is 23.2 Å². The summed E-state index contributed by atoms with van der Waals surface area (Å²) in [5.74, 6) is 0.463. The first-order chi connectivity index (χ1) is 15.8. The van der Waals surface area contributed by atoms with Crippen molar-refractivity contribution in [1.29, 1.82) is 0 Å². The lowest BCUT2D eigenvalue weighted by Gasteiger charge is -2.44. The molecule has 1 atom stereocenters. The molecule has 0 bridgehead atoms. The van der Waals surface area contributed by atoms with E-state index in [1.54, 1.807) is 12.0 Å². The number of amides is 2. The summed E-state index contributed by atoms with van der Waals surface area (Å²) >= 11 is 0. The van der Waals surface area contributed by atoms with Gasteiger partial charge < -0.3 is 14.6 Å². The van der Waals surface area contributed by atoms with Crippen molar-refractivity contribution in [2.75, 3.05) is 12.0 Å². The molecule has 0 spiro atoms. The van der Waals surface area contributed by atoms with Crippen LogP contribution in [0.2, 0.25) is 0 Å². The summed E-state index contributed by atoms with van der Waals surface area (Å²) in [5, 5.41) is 4.22. The smallest absolute Gasteiger partial charge is 0.275 e. The summed E-state index contributed by atoms with van der Waals surface area (Å²) in [4.78, 5) is 29.5. The highest BCUT2D eigenvalue weighted by Gasteiger charge is 2.49. The quantitative estimate of drug-likeness (QED) is 0.631. The number of nitrogens with zero attached hydrogens (tertiary/aromatic N) is 2. The van der Waals surface area contributed by atoms with Crippen LogP contribution < -0.4 is 15.0 Å². The van der Waals surface area contributed by atoms with E-state index in [2.05, 4.69) is 5.32 Å². The highest BCUT2D eigenvalue weighted by Crippen LogP contribution is 2.37. The molecule has 1 N–H and O–H groups in total. The van der Waals surface area contributed by atoms with Crippen LogP contribution in [0.4, 0.5) is 5.69 Å². The number of hydrogen-bond acceptors (Lipinski definition) is 3. The van der Waals surface area contributed by atoms with Gasteiger partial charge in [0.25, 0.3) is 5.91 Å². The van der Waals surface area contributed by atoms with Crippen molar-refractivity contribution in [3.05, 3.63) is 59.3 Å². The Bertz CT molecular complexity index is 1250. The number of nitrogens with one attached hydrogen (secondary N) is 1. The average molecular weight is 446 g/mol. The Balaban J connectivity index is 1.66. The fourth-order valence-electron chi connectivity index (χ4n) is 5.28. The van der Waals surface area contributed by atoms with E-state index in [-0.39, 0.29) is 17.9 Å². The lowest BCUT2D eigenvalue weighted by molar-refractivity contribution is -0.127. The molecule has 172 valence electrons. The summed E-state index contributed by atoms with van der Waals surface area (Å²) in [5.41, 5.74) is 3.42. The fourth-order valence-corrected chi connectivity index (χ4v) is 5.28. The maximum absolute atomic E-state index is 14.0. The molecule has 1 aromatic heterocycles. The second-order valence-corrected chi connectivity index (χ2v) is 9.68. The number of fused-ring (bicyclic) bond motifs is 3. The van der Waals surface area contributed by atoms with Crippen molar-refractivity contribution in [2.45, 2.75) is 64.6 Å². The van der Waals surface area contributed by atoms with E-state index in [1.807, 2.05) is 67.8 Å². The lowest BCUT2D eigenvalue weighted by Crippen LogP contribution is -2.65. The van der Waals surface area contributed by atoms with Crippen molar-refractivity contribution in [1.82, 2.24) is 9.88 Å². The molecule has 5 rings (SSSR count). The normalized spacial score (nSPS) is 20.8. The molecular formula is C27H31N3O3. The number of methoxy groups -OCH3 is 1. The zero-order valence-corrected chi connectivity index (χ0v) is 19.8. The zero-order valence-electron chi connectivity index (χ0n) is 19.8. The minimum atomic E-state index is -1.07. The summed E-state index contributed by atoms with van der Waals surface area (Å²) in [7, 11) is 1.63. The Morgan fingerprint density at radius 3 is 2.52 bits per heavy atom. The summed E-state index contributed by atoms with van der Waals surface area (Å²) < 4.78 is 7.40. The Kier molecular flexibility index (Phi) is 5.19. The molecule has 1 fully saturated rings. The van der Waals surface area contributed by atoms with Crippen LogP contribution in [0.15, 0.2) is 42.5 Å². The van der Waals surface area contributed by atoms with E-state index in [9.17, 15) is 9.59 Å². The highest BCUT2D eigenvalue weighted by molar-refractivity contribution is 6.14. The third kappa shape index (κ3) is 3.48. The fraction of sp³-hybridized carbons (Fsp3) is 0.407. The number of carbonyl (C=O) groups excluding carboxylic acids is 2. The predicted octanol–water partition coefficient (Wildman–Crippen LogP) is 4.74. The molecule has 2 amide bonds. The molecule has 2 heterocycles. The minimum absolute atomic E-state index is 0.101. The first kappa shape index (κ1) is 21.6. The van der Waals surface area contributed by atoms with E-state index in [1.165, 1.54) is 0 Å². The summed E-state index contributed by atoms with van der Waals surface area (Å²) in [6, 6.07) is 13.9. The van der Waals surface area contributed by atoms with Crippen molar-refractivity contribution in [3.63, 3.8) is 0 Å². The zero-order chi connectivity index (χ0) is 23.3. The number of benzene rings is 2. The van der Waals surface area contributed by atoms with Gasteiger partial charge in [-0.25, -0.2) is 0 Å². The van der Waals surface area contributed by atoms with Gasteiger partial charge in [-0.1, -0.05) is 18.9 Å². The van der Waals surface area contributed by atoms with Crippen LogP contribution in [-0.4, -0.2) is 35.1 Å². The van der Waals surface area contributed by atoms with Gasteiger partial charge in [-0.05, 0) is 75.1 Å². The standard InChI is InChI=1S/C27H31N3O3/c1-17-9-11-21(13-18(17)2)30-25(31)24-14-19-10-12-22(33-4)15-23(19)29(24)16-27(30,3)26(32)28-20-7-5-6-8-20/h9-15,20H,5-8,16H2,1-4H3,(H,28,32)/t27-/m1/s1. The molecule has 1 aliphatic heterocycles. The van der Waals surface area contributed by atoms with Crippen LogP contribution in [0, 0.1) is 13.8 Å². The molecule has 33 heavy (non-hydrogen) atoms. The van der Waals surface area contributed by atoms with Gasteiger partial charge in [-0.3, -0.25) is 14.5 Å². The van der Waals surface area contributed by atoms with E-state index < -0.39 is 5.54 Å². The molecule has 1 aliphatic carbocycles. The minimum Gasteiger partial charge on any atom is -0.497 e. The van der Waals surface area contributed by atoms with Gasteiger partial charge in [-0.2, -0.15) is 0 Å². The number of aryl methyl sites for hydroxylation is 2. The molecule has 0 radical (unpaired) electrons. The predicted molar refractivity (Wildman–Crippen MR) is 130 cm³/mol. The average Bonchev–Trinajstić information content (AvgIpc) is 3.43. The second kappa shape index (κ2) is 7.94. The third-order valence-electron chi connectivity index (χ3n) is 7.42. The molecule has 0 saturated heterocycles. The SMILES string of the molecule is COc1ccc2cc3n(c2c1)C[C@](C)(C(=O)NC1CCCC1)N(c1ccc(C)c(C)c1)C3=O. The monoisotopic (exact) mass is 445 g/mol. The Labute approximate surface area is 194 Å². The van der Waals surface area contributed by atoms with Gasteiger partial charge in [0.1, 0.15) is 17.0 Å². The molecule has 6 nitrogen and oxygen atoms in total. The number of ether oxygens (including phenoxy) is 1. The van der Waals surface area contributed by atoms with Crippen molar-refractivity contribution >= 4 is 28.4 Å². The van der Waals surface area contributed by atoms with Crippen LogP contribution in [0.3, 0.4) is 0 Å². The number of rotatable bonds is 4. The van der Waals surface area contributed by atoms with Gasteiger partial charge >= 0.3 is 0 Å². The molecule has 2 aromatic carbocycles. The van der Waals surface area contributed by atoms with Crippen molar-refractivity contribution in [3.8, 4) is 5.75 Å². The summed E-state index contributed by atoms with van der Waals surface area (Å²) in [6.07, 6.45) is 4.25. The van der Waals surface area contributed by atoms with E-state index in [0.29, 0.717) is 12.2 Å². The van der Waals surface area contributed by atoms with Gasteiger partial charge in [0.2, 0.25) is 5.91 Å². The second-order valence-electron chi connectivity index (χ2n) is 9.68. The van der Waals surface area contributed by atoms with Gasteiger partial charge in [0.15, 0.2) is 0 Å². The van der Waals surface area contributed by atoms with Crippen LogP contribution in [-0.2, 0) is 11.3 Å². The van der Waals surface area contributed by atoms with Crippen molar-refractivity contribution in [2.24, 2.45) is 0 Å². The molecule has 6 heteroatoms. The Hall–Kier alpha value is -3.28. The number of aromatic nitrogens is 1. The van der Waals surface area contributed by atoms with E-state index in [4.69, 9.17) is 4.74 Å². The lowest BCUT2D eigenvalue weighted by atomic mass is 9.92. The highest BCUT2D eigenvalue weighted by atomic mass is 16.5. The Morgan fingerprint density at radius 1 is 1.06 bits per heavy atom. The first-order valence-electron chi connectivity index (χ1n) is 11.7. The number of anilines is 1. The van der Waals surface area contributed by atoms with E-state index >= 15 is 0 Å². The first-order valence-corrected chi connectivity index (χ1v) is 11.7. The molecule has 0 unspecified atom stereocenters. The van der Waals surface area contributed by atoms with Crippen LogP contribution in [0.1, 0.15) is 54.2 Å². The molecule has 3 aromatic rings. The van der Waals surface area contributed by atoms with Gasteiger partial charge in [0.05, 0.1) is 19.2 Å². The maximum atomic E-state index is 14.0. The topological polar surface area (TPSA) is 63.6 Å². The number of hydrogen-bond donors (Lipinski definition) is 1. The maximum Gasteiger partial charge on any atom is 0.275 e. The van der Waals surface area contributed by atoms with Crippen LogP contribution in [0.25, 0.3) is 10.9 Å². The Morgan fingerprint density at radius 2 is 1.82 bits per heavy atom. The van der Waals surface area contributed by atoms with Crippen LogP contribution >= 0.6 is 0 Å². The molecular weight excluding hydrogens is 414 g/mol. The van der Waals surface area contributed by atoms with E-state index in [0.717, 1.165) is 59.2 Å². The van der Waals surface area contributed by atoms with Gasteiger partial charge in [-0.15, -0.1) is 0 Å². The molecule has 2 aliphatic rings. The molecule has 1 saturated carbocycles.